The van der Waals surface area contributed by atoms with Crippen molar-refractivity contribution in [3.63, 3.8) is 0 Å². The summed E-state index contributed by atoms with van der Waals surface area (Å²) < 4.78 is 11.4. The van der Waals surface area contributed by atoms with Crippen LogP contribution >= 0.6 is 0 Å². The largest absolute Gasteiger partial charge is 0.375 e. The molecule has 23 heavy (non-hydrogen) atoms. The number of hydrogen-bond acceptors (Lipinski definition) is 5. The molecule has 5 heteroatoms. The van der Waals surface area contributed by atoms with Crippen molar-refractivity contribution in [2.75, 3.05) is 39.3 Å². The maximum Gasteiger partial charge on any atom is 0.133 e. The van der Waals surface area contributed by atoms with Crippen molar-refractivity contribution in [2.24, 2.45) is 11.8 Å². The first-order valence-electron chi connectivity index (χ1n) is 9.25. The van der Waals surface area contributed by atoms with Gasteiger partial charge in [0.25, 0.3) is 0 Å². The summed E-state index contributed by atoms with van der Waals surface area (Å²) in [7, 11) is 0. The van der Waals surface area contributed by atoms with Gasteiger partial charge >= 0.3 is 0 Å². The molecule has 0 spiro atoms. The molecule has 2 saturated heterocycles. The van der Waals surface area contributed by atoms with Crippen molar-refractivity contribution in [3.8, 4) is 0 Å². The van der Waals surface area contributed by atoms with Gasteiger partial charge in [0.2, 0.25) is 0 Å². The molecule has 0 bridgehead atoms. The van der Waals surface area contributed by atoms with E-state index in [4.69, 9.17) is 9.26 Å². The van der Waals surface area contributed by atoms with Crippen LogP contribution in [0.15, 0.2) is 10.6 Å². The van der Waals surface area contributed by atoms with Gasteiger partial charge in [0.05, 0.1) is 18.4 Å². The Morgan fingerprint density at radius 3 is 2.78 bits per heavy atom. The van der Waals surface area contributed by atoms with Gasteiger partial charge in [0.1, 0.15) is 5.76 Å². The zero-order valence-corrected chi connectivity index (χ0v) is 14.2. The van der Waals surface area contributed by atoms with Crippen LogP contribution in [0.4, 0.5) is 0 Å². The van der Waals surface area contributed by atoms with Gasteiger partial charge < -0.3 is 14.2 Å². The van der Waals surface area contributed by atoms with Crippen molar-refractivity contribution < 1.29 is 9.26 Å². The SMILES string of the molecule is Cc1cc(CN2C[C@H]3CN(CC4CCCC4)CCO[C@H]3C2)no1. The Kier molecular flexibility index (Phi) is 4.69. The second kappa shape index (κ2) is 6.91. The zero-order chi connectivity index (χ0) is 15.6. The first kappa shape index (κ1) is 15.6. The Labute approximate surface area is 138 Å². The molecular formula is C18H29N3O2. The van der Waals surface area contributed by atoms with Gasteiger partial charge in [-0.1, -0.05) is 18.0 Å². The first-order valence-corrected chi connectivity index (χ1v) is 9.25. The molecule has 1 aromatic rings. The van der Waals surface area contributed by atoms with Gasteiger partial charge in [-0.2, -0.15) is 0 Å². The molecule has 4 rings (SSSR count). The van der Waals surface area contributed by atoms with E-state index in [2.05, 4.69) is 15.0 Å². The van der Waals surface area contributed by atoms with Crippen LogP contribution < -0.4 is 0 Å². The van der Waals surface area contributed by atoms with E-state index in [0.29, 0.717) is 12.0 Å². The molecule has 1 aliphatic carbocycles. The lowest BCUT2D eigenvalue weighted by atomic mass is 10.0. The van der Waals surface area contributed by atoms with E-state index in [1.54, 1.807) is 0 Å². The van der Waals surface area contributed by atoms with Gasteiger partial charge in [-0.25, -0.2) is 0 Å². The van der Waals surface area contributed by atoms with Crippen LogP contribution in [0.25, 0.3) is 0 Å². The number of rotatable bonds is 4. The predicted octanol–water partition coefficient (Wildman–Crippen LogP) is 2.31. The smallest absolute Gasteiger partial charge is 0.133 e. The molecule has 3 aliphatic rings. The highest BCUT2D eigenvalue weighted by Crippen LogP contribution is 2.29. The average Bonchev–Trinajstić information content (AvgIpc) is 3.22. The minimum absolute atomic E-state index is 0.400. The summed E-state index contributed by atoms with van der Waals surface area (Å²) in [5, 5.41) is 4.13. The number of aryl methyl sites for hydroxylation is 1. The predicted molar refractivity (Wildman–Crippen MR) is 88.1 cm³/mol. The Morgan fingerprint density at radius 2 is 2.00 bits per heavy atom. The Bertz CT molecular complexity index is 512. The summed E-state index contributed by atoms with van der Waals surface area (Å²) in [4.78, 5) is 5.15. The van der Waals surface area contributed by atoms with Gasteiger partial charge in [0, 0.05) is 51.3 Å². The van der Waals surface area contributed by atoms with Crippen LogP contribution in [0.3, 0.4) is 0 Å². The van der Waals surface area contributed by atoms with E-state index in [9.17, 15) is 0 Å². The molecule has 0 unspecified atom stereocenters. The first-order chi connectivity index (χ1) is 11.3. The lowest BCUT2D eigenvalue weighted by molar-refractivity contribution is 0.0508. The molecule has 2 aliphatic heterocycles. The second-order valence-electron chi connectivity index (χ2n) is 7.70. The van der Waals surface area contributed by atoms with Crippen molar-refractivity contribution in [3.05, 3.63) is 17.5 Å². The number of fused-ring (bicyclic) bond motifs is 1. The van der Waals surface area contributed by atoms with Crippen molar-refractivity contribution in [1.29, 1.82) is 0 Å². The van der Waals surface area contributed by atoms with E-state index in [-0.39, 0.29) is 0 Å². The lowest BCUT2D eigenvalue weighted by Gasteiger charge is -2.26. The summed E-state index contributed by atoms with van der Waals surface area (Å²) in [6.45, 7) is 9.50. The maximum atomic E-state index is 6.17. The minimum Gasteiger partial charge on any atom is -0.375 e. The van der Waals surface area contributed by atoms with E-state index >= 15 is 0 Å². The molecule has 128 valence electrons. The summed E-state index contributed by atoms with van der Waals surface area (Å²) in [5.41, 5.74) is 1.04. The molecular weight excluding hydrogens is 290 g/mol. The zero-order valence-electron chi connectivity index (χ0n) is 14.2. The standard InChI is InChI=1S/C18H29N3O2/c1-14-8-17(19-23-14)12-21-11-16-10-20(6-7-22-18(16)13-21)9-15-4-2-3-5-15/h8,15-16,18H,2-7,9-13H2,1H3/t16-,18+/m1/s1. The molecule has 2 atom stereocenters. The Hall–Kier alpha value is -0.910. The highest BCUT2D eigenvalue weighted by Gasteiger charge is 2.37. The van der Waals surface area contributed by atoms with Crippen LogP contribution in [0.5, 0.6) is 0 Å². The average molecular weight is 319 g/mol. The molecule has 0 amide bonds. The third-order valence-electron chi connectivity index (χ3n) is 5.74. The molecule has 5 nitrogen and oxygen atoms in total. The summed E-state index contributed by atoms with van der Waals surface area (Å²) in [6, 6.07) is 2.04. The normalized spacial score (nSPS) is 30.7. The van der Waals surface area contributed by atoms with E-state index in [1.165, 1.54) is 38.8 Å². The second-order valence-corrected chi connectivity index (χ2v) is 7.70. The van der Waals surface area contributed by atoms with E-state index in [1.807, 2.05) is 13.0 Å². The van der Waals surface area contributed by atoms with Crippen LogP contribution in [-0.2, 0) is 11.3 Å². The molecule has 3 fully saturated rings. The van der Waals surface area contributed by atoms with Gasteiger partial charge in [-0.15, -0.1) is 0 Å². The molecule has 1 saturated carbocycles. The van der Waals surface area contributed by atoms with Crippen LogP contribution in [-0.4, -0.2) is 60.4 Å². The molecule has 0 aromatic carbocycles. The van der Waals surface area contributed by atoms with Gasteiger partial charge in [-0.3, -0.25) is 4.90 Å². The van der Waals surface area contributed by atoms with Crippen molar-refractivity contribution >= 4 is 0 Å². The fraction of sp³-hybridized carbons (Fsp3) is 0.833. The molecule has 3 heterocycles. The van der Waals surface area contributed by atoms with Crippen LogP contribution in [0, 0.1) is 18.8 Å². The van der Waals surface area contributed by atoms with E-state index < -0.39 is 0 Å². The Balaban J connectivity index is 1.32. The quantitative estimate of drug-likeness (QED) is 0.852. The number of ether oxygens (including phenoxy) is 1. The molecule has 0 N–H and O–H groups in total. The monoisotopic (exact) mass is 319 g/mol. The topological polar surface area (TPSA) is 41.7 Å². The molecule has 0 radical (unpaired) electrons. The third-order valence-corrected chi connectivity index (χ3v) is 5.74. The van der Waals surface area contributed by atoms with Gasteiger partial charge in [0.15, 0.2) is 0 Å². The fourth-order valence-corrected chi connectivity index (χ4v) is 4.62. The van der Waals surface area contributed by atoms with Crippen molar-refractivity contribution in [1.82, 2.24) is 15.0 Å². The summed E-state index contributed by atoms with van der Waals surface area (Å²) in [5.74, 6) is 2.47. The number of nitrogens with zero attached hydrogens (tertiary/aromatic N) is 3. The van der Waals surface area contributed by atoms with Gasteiger partial charge in [-0.05, 0) is 25.7 Å². The van der Waals surface area contributed by atoms with Crippen LogP contribution in [0.1, 0.15) is 37.1 Å². The highest BCUT2D eigenvalue weighted by atomic mass is 16.5. The van der Waals surface area contributed by atoms with Crippen LogP contribution in [0.2, 0.25) is 0 Å². The number of hydrogen-bond donors (Lipinski definition) is 0. The van der Waals surface area contributed by atoms with E-state index in [0.717, 1.165) is 50.2 Å². The summed E-state index contributed by atoms with van der Waals surface area (Å²) >= 11 is 0. The number of aromatic nitrogens is 1. The summed E-state index contributed by atoms with van der Waals surface area (Å²) in [6.07, 6.45) is 6.14. The lowest BCUT2D eigenvalue weighted by Crippen LogP contribution is -2.35. The molecule has 1 aromatic heterocycles. The third kappa shape index (κ3) is 3.78. The van der Waals surface area contributed by atoms with Crippen molar-refractivity contribution in [2.45, 2.75) is 45.3 Å². The minimum atomic E-state index is 0.400. The fourth-order valence-electron chi connectivity index (χ4n) is 4.62. The number of likely N-dealkylation sites (tertiary alicyclic amines) is 1. The maximum absolute atomic E-state index is 6.17. The Morgan fingerprint density at radius 1 is 1.17 bits per heavy atom. The highest BCUT2D eigenvalue weighted by molar-refractivity contribution is 5.04.